The molecule has 0 fully saturated rings. The van der Waals surface area contributed by atoms with Crippen molar-refractivity contribution in [3.63, 3.8) is 0 Å². The largest absolute Gasteiger partial charge is 0.362 e. The van der Waals surface area contributed by atoms with Crippen molar-refractivity contribution >= 4 is 21.8 Å². The minimum absolute atomic E-state index is 0.0422. The second kappa shape index (κ2) is 6.06. The summed E-state index contributed by atoms with van der Waals surface area (Å²) < 4.78 is 1.02. The fraction of sp³-hybridized carbons (Fsp3) is 0.267. The first-order valence-electron chi connectivity index (χ1n) is 6.21. The van der Waals surface area contributed by atoms with Crippen LogP contribution in [0.15, 0.2) is 34.8 Å². The zero-order valence-electron chi connectivity index (χ0n) is 11.1. The van der Waals surface area contributed by atoms with Gasteiger partial charge >= 0.3 is 0 Å². The van der Waals surface area contributed by atoms with Gasteiger partial charge in [0.25, 0.3) is 0 Å². The van der Waals surface area contributed by atoms with Crippen molar-refractivity contribution in [2.45, 2.75) is 26.8 Å². The topological polar surface area (TPSA) is 44.9 Å². The maximum Gasteiger partial charge on any atom is 0.224 e. The Morgan fingerprint density at radius 3 is 2.53 bits per heavy atom. The molecule has 19 heavy (non-hydrogen) atoms. The van der Waals surface area contributed by atoms with Crippen LogP contribution in [0.1, 0.15) is 22.5 Å². The van der Waals surface area contributed by atoms with Gasteiger partial charge in [-0.2, -0.15) is 0 Å². The van der Waals surface area contributed by atoms with Gasteiger partial charge in [0.1, 0.15) is 0 Å². The van der Waals surface area contributed by atoms with E-state index in [-0.39, 0.29) is 5.91 Å². The highest BCUT2D eigenvalue weighted by Crippen LogP contribution is 2.11. The average Bonchev–Trinajstić information content (AvgIpc) is 2.68. The summed E-state index contributed by atoms with van der Waals surface area (Å²) in [7, 11) is 0. The van der Waals surface area contributed by atoms with Crippen LogP contribution in [0.4, 0.5) is 0 Å². The van der Waals surface area contributed by atoms with Gasteiger partial charge in [0.2, 0.25) is 5.91 Å². The average molecular weight is 321 g/mol. The Morgan fingerprint density at radius 1 is 1.26 bits per heavy atom. The SMILES string of the molecule is Cc1cc(CNC(=O)Cc2ccc(Br)cc2)c(C)[nH]1. The Bertz CT molecular complexity index is 572. The van der Waals surface area contributed by atoms with E-state index in [4.69, 9.17) is 0 Å². The van der Waals surface area contributed by atoms with Crippen LogP contribution in [0.3, 0.4) is 0 Å². The molecule has 1 aromatic carbocycles. The van der Waals surface area contributed by atoms with E-state index < -0.39 is 0 Å². The van der Waals surface area contributed by atoms with Crippen molar-refractivity contribution in [1.29, 1.82) is 0 Å². The highest BCUT2D eigenvalue weighted by molar-refractivity contribution is 9.10. The highest BCUT2D eigenvalue weighted by atomic mass is 79.9. The quantitative estimate of drug-likeness (QED) is 0.892. The second-order valence-corrected chi connectivity index (χ2v) is 5.60. The maximum absolute atomic E-state index is 11.9. The van der Waals surface area contributed by atoms with Crippen LogP contribution in [-0.2, 0) is 17.8 Å². The number of aromatic amines is 1. The van der Waals surface area contributed by atoms with Gasteiger partial charge in [-0.3, -0.25) is 4.79 Å². The van der Waals surface area contributed by atoms with Crippen LogP contribution in [0.25, 0.3) is 0 Å². The molecule has 0 aliphatic rings. The molecule has 0 saturated carbocycles. The lowest BCUT2D eigenvalue weighted by Gasteiger charge is -2.05. The first kappa shape index (κ1) is 13.9. The van der Waals surface area contributed by atoms with Crippen molar-refractivity contribution in [3.8, 4) is 0 Å². The third kappa shape index (κ3) is 3.96. The Kier molecular flexibility index (Phi) is 4.43. The van der Waals surface area contributed by atoms with E-state index in [1.54, 1.807) is 0 Å². The summed E-state index contributed by atoms with van der Waals surface area (Å²) in [6.07, 6.45) is 0.412. The molecule has 2 rings (SSSR count). The number of carbonyl (C=O) groups excluding carboxylic acids is 1. The lowest BCUT2D eigenvalue weighted by Crippen LogP contribution is -2.24. The highest BCUT2D eigenvalue weighted by Gasteiger charge is 2.06. The predicted molar refractivity (Wildman–Crippen MR) is 80.0 cm³/mol. The molecule has 0 unspecified atom stereocenters. The fourth-order valence-corrected chi connectivity index (χ4v) is 2.27. The molecule has 0 atom stereocenters. The van der Waals surface area contributed by atoms with Crippen LogP contribution in [0.2, 0.25) is 0 Å². The molecule has 4 heteroatoms. The molecule has 0 saturated heterocycles. The molecule has 100 valence electrons. The fourth-order valence-electron chi connectivity index (χ4n) is 2.01. The van der Waals surface area contributed by atoms with Gasteiger partial charge in [0.05, 0.1) is 6.42 Å². The third-order valence-electron chi connectivity index (χ3n) is 3.01. The van der Waals surface area contributed by atoms with E-state index in [1.165, 1.54) is 0 Å². The van der Waals surface area contributed by atoms with Gasteiger partial charge in [-0.1, -0.05) is 28.1 Å². The number of nitrogens with one attached hydrogen (secondary N) is 2. The number of benzene rings is 1. The van der Waals surface area contributed by atoms with Gasteiger partial charge in [0, 0.05) is 22.4 Å². The molecule has 1 heterocycles. The summed E-state index contributed by atoms with van der Waals surface area (Å²) in [5.74, 6) is 0.0422. The molecular weight excluding hydrogens is 304 g/mol. The number of hydrogen-bond donors (Lipinski definition) is 2. The predicted octanol–water partition coefficient (Wildman–Crippen LogP) is 3.25. The molecule has 2 N–H and O–H groups in total. The summed E-state index contributed by atoms with van der Waals surface area (Å²) in [6, 6.07) is 9.87. The van der Waals surface area contributed by atoms with Crippen LogP contribution in [0, 0.1) is 13.8 Å². The minimum atomic E-state index is 0.0422. The molecule has 0 aliphatic carbocycles. The van der Waals surface area contributed by atoms with Gasteiger partial charge in [-0.25, -0.2) is 0 Å². The molecule has 0 radical (unpaired) electrons. The monoisotopic (exact) mass is 320 g/mol. The molecule has 1 aromatic heterocycles. The summed E-state index contributed by atoms with van der Waals surface area (Å²) in [6.45, 7) is 4.61. The maximum atomic E-state index is 11.9. The summed E-state index contributed by atoms with van der Waals surface area (Å²) in [5, 5.41) is 2.95. The number of carbonyl (C=O) groups is 1. The number of halogens is 1. The van der Waals surface area contributed by atoms with Crippen molar-refractivity contribution in [3.05, 3.63) is 57.3 Å². The molecule has 2 aromatic rings. The number of rotatable bonds is 4. The normalized spacial score (nSPS) is 10.5. The number of aryl methyl sites for hydroxylation is 2. The number of hydrogen-bond acceptors (Lipinski definition) is 1. The number of amides is 1. The molecule has 0 bridgehead atoms. The van der Waals surface area contributed by atoms with E-state index >= 15 is 0 Å². The van der Waals surface area contributed by atoms with E-state index in [0.717, 1.165) is 27.0 Å². The summed E-state index contributed by atoms with van der Waals surface area (Å²) in [4.78, 5) is 15.1. The molecule has 0 aliphatic heterocycles. The van der Waals surface area contributed by atoms with E-state index in [1.807, 2.05) is 38.1 Å². The first-order chi connectivity index (χ1) is 9.04. The molecular formula is C15H17BrN2O. The van der Waals surface area contributed by atoms with Crippen molar-refractivity contribution in [2.24, 2.45) is 0 Å². The van der Waals surface area contributed by atoms with Crippen LogP contribution < -0.4 is 5.32 Å². The van der Waals surface area contributed by atoms with Gasteiger partial charge in [0.15, 0.2) is 0 Å². The lowest BCUT2D eigenvalue weighted by molar-refractivity contribution is -0.120. The second-order valence-electron chi connectivity index (χ2n) is 4.68. The third-order valence-corrected chi connectivity index (χ3v) is 3.54. The standard InChI is InChI=1S/C15H17BrN2O/c1-10-7-13(11(2)18-10)9-17-15(19)8-12-3-5-14(16)6-4-12/h3-7,18H,8-9H2,1-2H3,(H,17,19). The van der Waals surface area contributed by atoms with E-state index in [0.29, 0.717) is 13.0 Å². The Labute approximate surface area is 121 Å². The Hall–Kier alpha value is -1.55. The molecule has 1 amide bonds. The number of aromatic nitrogens is 1. The Balaban J connectivity index is 1.88. The number of H-pyrrole nitrogens is 1. The zero-order chi connectivity index (χ0) is 13.8. The molecule has 3 nitrogen and oxygen atoms in total. The van der Waals surface area contributed by atoms with Gasteiger partial charge < -0.3 is 10.3 Å². The van der Waals surface area contributed by atoms with Crippen LogP contribution in [-0.4, -0.2) is 10.9 Å². The minimum Gasteiger partial charge on any atom is -0.362 e. The summed E-state index contributed by atoms with van der Waals surface area (Å²) in [5.41, 5.74) is 4.39. The smallest absolute Gasteiger partial charge is 0.224 e. The Morgan fingerprint density at radius 2 is 1.95 bits per heavy atom. The summed E-state index contributed by atoms with van der Waals surface area (Å²) >= 11 is 3.38. The van der Waals surface area contributed by atoms with Crippen LogP contribution >= 0.6 is 15.9 Å². The zero-order valence-corrected chi connectivity index (χ0v) is 12.7. The lowest BCUT2D eigenvalue weighted by atomic mass is 10.1. The van der Waals surface area contributed by atoms with E-state index in [9.17, 15) is 4.79 Å². The van der Waals surface area contributed by atoms with Crippen molar-refractivity contribution in [1.82, 2.24) is 10.3 Å². The van der Waals surface area contributed by atoms with E-state index in [2.05, 4.69) is 32.3 Å². The van der Waals surface area contributed by atoms with Crippen LogP contribution in [0.5, 0.6) is 0 Å². The molecule has 0 spiro atoms. The van der Waals surface area contributed by atoms with Crippen molar-refractivity contribution in [2.75, 3.05) is 0 Å². The van der Waals surface area contributed by atoms with Crippen molar-refractivity contribution < 1.29 is 4.79 Å². The first-order valence-corrected chi connectivity index (χ1v) is 7.00. The van der Waals surface area contributed by atoms with Gasteiger partial charge in [-0.05, 0) is 43.2 Å². The van der Waals surface area contributed by atoms with Gasteiger partial charge in [-0.15, -0.1) is 0 Å².